The number of benzene rings is 2. The molecule has 29 heavy (non-hydrogen) atoms. The molecular formula is C21H21NO7. The van der Waals surface area contributed by atoms with Gasteiger partial charge < -0.3 is 24.4 Å². The number of phenolic OH excluding ortho intramolecular Hbond substituents is 1. The maximum absolute atomic E-state index is 12.4. The average molecular weight is 399 g/mol. The number of allylic oxidation sites excluding steroid dienone is 1. The number of nitrogens with one attached hydrogen (secondary N) is 1. The highest BCUT2D eigenvalue weighted by atomic mass is 16.7. The second-order valence-corrected chi connectivity index (χ2v) is 6.35. The molecule has 1 heterocycles. The molecule has 2 aromatic rings. The molecule has 8 heteroatoms. The van der Waals surface area contributed by atoms with Crippen LogP contribution in [0.15, 0.2) is 54.6 Å². The van der Waals surface area contributed by atoms with Crippen LogP contribution in [0.4, 0.5) is 10.5 Å². The molecule has 0 radical (unpaired) electrons. The molecule has 0 bridgehead atoms. The van der Waals surface area contributed by atoms with E-state index in [2.05, 4.69) is 5.32 Å². The van der Waals surface area contributed by atoms with E-state index in [1.807, 2.05) is 0 Å². The van der Waals surface area contributed by atoms with Crippen molar-refractivity contribution in [1.82, 2.24) is 0 Å². The zero-order valence-electron chi connectivity index (χ0n) is 15.5. The summed E-state index contributed by atoms with van der Waals surface area (Å²) >= 11 is 0. The van der Waals surface area contributed by atoms with Gasteiger partial charge in [0, 0.05) is 17.8 Å². The summed E-state index contributed by atoms with van der Waals surface area (Å²) in [5, 5.41) is 20.8. The maximum atomic E-state index is 12.4. The summed E-state index contributed by atoms with van der Waals surface area (Å²) in [5.74, 6) is 0.268. The number of aromatic hydroxyl groups is 1. The van der Waals surface area contributed by atoms with Gasteiger partial charge in [0.15, 0.2) is 11.5 Å². The lowest BCUT2D eigenvalue weighted by Gasteiger charge is -2.19. The summed E-state index contributed by atoms with van der Waals surface area (Å²) in [6.45, 7) is 0.141. The first kappa shape index (κ1) is 20.1. The predicted molar refractivity (Wildman–Crippen MR) is 104 cm³/mol. The second kappa shape index (κ2) is 9.50. The minimum absolute atomic E-state index is 0.113. The fourth-order valence-electron chi connectivity index (χ4n) is 2.84. The van der Waals surface area contributed by atoms with Gasteiger partial charge in [0.2, 0.25) is 6.79 Å². The number of carbonyl (C=O) groups is 2. The van der Waals surface area contributed by atoms with Crippen molar-refractivity contribution in [3.05, 3.63) is 60.2 Å². The van der Waals surface area contributed by atoms with E-state index >= 15 is 0 Å². The number of hydrogen-bond donors (Lipinski definition) is 3. The van der Waals surface area contributed by atoms with Gasteiger partial charge in [0.1, 0.15) is 11.9 Å². The number of anilines is 1. The number of hydrogen-bond acceptors (Lipinski definition) is 6. The topological polar surface area (TPSA) is 114 Å². The van der Waals surface area contributed by atoms with E-state index in [9.17, 15) is 14.7 Å². The van der Waals surface area contributed by atoms with Crippen molar-refractivity contribution in [2.45, 2.75) is 25.4 Å². The van der Waals surface area contributed by atoms with Crippen molar-refractivity contribution in [1.29, 1.82) is 0 Å². The Morgan fingerprint density at radius 3 is 2.66 bits per heavy atom. The molecule has 0 aromatic heterocycles. The fraction of sp³-hybridized carbons (Fsp3) is 0.238. The fourth-order valence-corrected chi connectivity index (χ4v) is 2.84. The molecule has 0 saturated heterocycles. The Hall–Kier alpha value is -3.68. The van der Waals surface area contributed by atoms with Gasteiger partial charge in [-0.25, -0.2) is 9.59 Å². The van der Waals surface area contributed by atoms with E-state index < -0.39 is 18.2 Å². The number of ether oxygens (including phenoxy) is 3. The molecule has 8 nitrogen and oxygen atoms in total. The summed E-state index contributed by atoms with van der Waals surface area (Å²) in [6.07, 6.45) is 3.10. The Morgan fingerprint density at radius 2 is 1.90 bits per heavy atom. The minimum Gasteiger partial charge on any atom is -0.508 e. The molecule has 0 fully saturated rings. The number of carboxylic acids is 1. The van der Waals surface area contributed by atoms with Crippen LogP contribution in [0.5, 0.6) is 17.2 Å². The lowest BCUT2D eigenvalue weighted by atomic mass is 10.0. The molecule has 0 saturated carbocycles. The van der Waals surface area contributed by atoms with Crippen LogP contribution in [0.3, 0.4) is 0 Å². The van der Waals surface area contributed by atoms with Crippen molar-refractivity contribution >= 4 is 17.7 Å². The standard InChI is InChI=1S/C21H21NO7/c23-16-9-6-14(7-10-16)17(4-2-1-3-5-20(24)25)29-21(26)22-15-8-11-18-19(12-15)28-13-27-18/h3,5-12,17,23H,1-2,4,13H2,(H,22,26)(H,24,25)/b5-3+/t17-/m0/s1. The number of aliphatic carboxylic acids is 1. The van der Waals surface area contributed by atoms with Gasteiger partial charge in [-0.3, -0.25) is 5.32 Å². The van der Waals surface area contributed by atoms with Crippen molar-refractivity contribution in [3.63, 3.8) is 0 Å². The Balaban J connectivity index is 1.62. The molecule has 3 N–H and O–H groups in total. The Labute approximate surface area is 167 Å². The summed E-state index contributed by atoms with van der Waals surface area (Å²) in [5.41, 5.74) is 1.24. The van der Waals surface area contributed by atoms with Crippen molar-refractivity contribution in [3.8, 4) is 17.2 Å². The molecule has 152 valence electrons. The molecule has 3 rings (SSSR count). The van der Waals surface area contributed by atoms with Crippen molar-refractivity contribution in [2.75, 3.05) is 12.1 Å². The van der Waals surface area contributed by atoms with Crippen LogP contribution in [-0.4, -0.2) is 29.1 Å². The smallest absolute Gasteiger partial charge is 0.412 e. The Morgan fingerprint density at radius 1 is 1.14 bits per heavy atom. The number of carboxylic acid groups (broad SMARTS) is 1. The van der Waals surface area contributed by atoms with Crippen molar-refractivity contribution in [2.24, 2.45) is 0 Å². The Kier molecular flexibility index (Phi) is 6.57. The number of rotatable bonds is 8. The number of amides is 1. The molecule has 0 aliphatic carbocycles. The average Bonchev–Trinajstić information content (AvgIpc) is 3.15. The van der Waals surface area contributed by atoms with E-state index in [1.54, 1.807) is 36.4 Å². The van der Waals surface area contributed by atoms with Gasteiger partial charge in [-0.2, -0.15) is 0 Å². The van der Waals surface area contributed by atoms with E-state index in [0.717, 1.165) is 11.6 Å². The Bertz CT molecular complexity index is 892. The van der Waals surface area contributed by atoms with E-state index in [4.69, 9.17) is 19.3 Å². The first-order valence-corrected chi connectivity index (χ1v) is 9.07. The van der Waals surface area contributed by atoms with Crippen molar-refractivity contribution < 1.29 is 34.0 Å². The number of unbranched alkanes of at least 4 members (excludes halogenated alkanes) is 1. The number of fused-ring (bicyclic) bond motifs is 1. The zero-order valence-corrected chi connectivity index (χ0v) is 15.5. The molecular weight excluding hydrogens is 378 g/mol. The van der Waals surface area contributed by atoms with Gasteiger partial charge in [-0.15, -0.1) is 0 Å². The van der Waals surface area contributed by atoms with Gasteiger partial charge in [0.25, 0.3) is 0 Å². The first-order valence-electron chi connectivity index (χ1n) is 9.07. The summed E-state index contributed by atoms with van der Waals surface area (Å²) in [7, 11) is 0. The molecule has 2 aromatic carbocycles. The van der Waals surface area contributed by atoms with Gasteiger partial charge in [-0.05, 0) is 49.1 Å². The molecule has 0 spiro atoms. The van der Waals surface area contributed by atoms with E-state index in [-0.39, 0.29) is 12.5 Å². The SMILES string of the molecule is O=C(O)/C=C/CCC[C@H](OC(=O)Nc1ccc2c(c1)OCO2)c1ccc(O)cc1. The third-order valence-electron chi connectivity index (χ3n) is 4.23. The molecule has 0 unspecified atom stereocenters. The third kappa shape index (κ3) is 5.90. The molecule has 1 aliphatic rings. The largest absolute Gasteiger partial charge is 0.508 e. The van der Waals surface area contributed by atoms with E-state index in [0.29, 0.717) is 36.4 Å². The normalized spacial score (nSPS) is 13.2. The molecule has 1 atom stereocenters. The zero-order chi connectivity index (χ0) is 20.6. The highest BCUT2D eigenvalue weighted by Gasteiger charge is 2.18. The summed E-state index contributed by atoms with van der Waals surface area (Å²) in [6, 6.07) is 11.4. The summed E-state index contributed by atoms with van der Waals surface area (Å²) < 4.78 is 16.1. The lowest BCUT2D eigenvalue weighted by Crippen LogP contribution is -2.17. The number of carbonyl (C=O) groups excluding carboxylic acids is 1. The second-order valence-electron chi connectivity index (χ2n) is 6.35. The van der Waals surface area contributed by atoms with Gasteiger partial charge in [0.05, 0.1) is 0 Å². The van der Waals surface area contributed by atoms with Crippen LogP contribution in [0.25, 0.3) is 0 Å². The quantitative estimate of drug-likeness (QED) is 0.450. The molecule has 1 amide bonds. The van der Waals surface area contributed by atoms with Gasteiger partial charge in [-0.1, -0.05) is 18.2 Å². The van der Waals surface area contributed by atoms with Crippen LogP contribution in [-0.2, 0) is 9.53 Å². The van der Waals surface area contributed by atoms with Crippen LogP contribution < -0.4 is 14.8 Å². The highest BCUT2D eigenvalue weighted by Crippen LogP contribution is 2.34. The van der Waals surface area contributed by atoms with Crippen LogP contribution in [0.1, 0.15) is 30.9 Å². The lowest BCUT2D eigenvalue weighted by molar-refractivity contribution is -0.131. The highest BCUT2D eigenvalue weighted by molar-refractivity contribution is 5.85. The number of phenols is 1. The van der Waals surface area contributed by atoms with Gasteiger partial charge >= 0.3 is 12.1 Å². The maximum Gasteiger partial charge on any atom is 0.412 e. The minimum atomic E-state index is -1.00. The van der Waals surface area contributed by atoms with Crippen LogP contribution >= 0.6 is 0 Å². The van der Waals surface area contributed by atoms with Crippen LogP contribution in [0, 0.1) is 0 Å². The predicted octanol–water partition coefficient (Wildman–Crippen LogP) is 4.22. The van der Waals surface area contributed by atoms with Crippen LogP contribution in [0.2, 0.25) is 0 Å². The summed E-state index contributed by atoms with van der Waals surface area (Å²) in [4.78, 5) is 22.9. The first-order chi connectivity index (χ1) is 14.0. The third-order valence-corrected chi connectivity index (χ3v) is 4.23. The molecule has 1 aliphatic heterocycles. The monoisotopic (exact) mass is 399 g/mol. The van der Waals surface area contributed by atoms with E-state index in [1.165, 1.54) is 12.1 Å².